The first-order valence-electron chi connectivity index (χ1n) is 8.60. The van der Waals surface area contributed by atoms with E-state index in [4.69, 9.17) is 4.74 Å². The maximum absolute atomic E-state index is 12.4. The molecule has 0 bridgehead atoms. The quantitative estimate of drug-likeness (QED) is 0.481. The highest BCUT2D eigenvalue weighted by Crippen LogP contribution is 2.29. The Bertz CT molecular complexity index is 416. The minimum atomic E-state index is -1.51. The van der Waals surface area contributed by atoms with Gasteiger partial charge in [0.05, 0.1) is 6.61 Å². The van der Waals surface area contributed by atoms with Gasteiger partial charge in [-0.25, -0.2) is 4.79 Å². The summed E-state index contributed by atoms with van der Waals surface area (Å²) in [6.45, 7) is 4.64. The lowest BCUT2D eigenvalue weighted by atomic mass is 9.88. The molecule has 1 atom stereocenters. The van der Waals surface area contributed by atoms with E-state index in [1.165, 1.54) is 0 Å². The van der Waals surface area contributed by atoms with Gasteiger partial charge in [0.25, 0.3) is 0 Å². The molecule has 0 aliphatic rings. The fourth-order valence-electron chi connectivity index (χ4n) is 2.52. The molecule has 3 heteroatoms. The Morgan fingerprint density at radius 1 is 1.00 bits per heavy atom. The average molecular weight is 306 g/mol. The molecule has 0 saturated heterocycles. The zero-order valence-electron chi connectivity index (χ0n) is 14.0. The summed E-state index contributed by atoms with van der Waals surface area (Å²) in [6, 6.07) is 9.16. The van der Waals surface area contributed by atoms with Crippen LogP contribution in [0.3, 0.4) is 0 Å². The molecule has 3 nitrogen and oxygen atoms in total. The highest BCUT2D eigenvalue weighted by Gasteiger charge is 2.38. The molecule has 0 aliphatic heterocycles. The number of hydrogen-bond donors (Lipinski definition) is 1. The number of hydrogen-bond acceptors (Lipinski definition) is 3. The number of rotatable bonds is 11. The van der Waals surface area contributed by atoms with Crippen molar-refractivity contribution in [2.75, 3.05) is 6.61 Å². The molecule has 0 aromatic heterocycles. The molecule has 1 aromatic carbocycles. The minimum absolute atomic E-state index is 0.391. The van der Waals surface area contributed by atoms with Gasteiger partial charge in [0.2, 0.25) is 0 Å². The van der Waals surface area contributed by atoms with Gasteiger partial charge >= 0.3 is 5.97 Å². The highest BCUT2D eigenvalue weighted by molar-refractivity contribution is 5.81. The summed E-state index contributed by atoms with van der Waals surface area (Å²) in [5, 5.41) is 10.9. The number of carbonyl (C=O) groups is 1. The van der Waals surface area contributed by atoms with E-state index in [2.05, 4.69) is 13.8 Å². The van der Waals surface area contributed by atoms with Gasteiger partial charge in [0, 0.05) is 0 Å². The monoisotopic (exact) mass is 306 g/mol. The maximum Gasteiger partial charge on any atom is 0.342 e. The third kappa shape index (κ3) is 5.80. The van der Waals surface area contributed by atoms with Gasteiger partial charge in [-0.1, -0.05) is 76.3 Å². The van der Waals surface area contributed by atoms with E-state index in [9.17, 15) is 9.90 Å². The Balaban J connectivity index is 2.66. The Hall–Kier alpha value is -1.35. The SMILES string of the molecule is CCCCCCOC(=O)C(O)(CCCCC)c1ccccc1. The van der Waals surface area contributed by atoms with Crippen LogP contribution in [-0.4, -0.2) is 17.7 Å². The van der Waals surface area contributed by atoms with Gasteiger partial charge < -0.3 is 9.84 Å². The predicted octanol–water partition coefficient (Wildman–Crippen LogP) is 4.58. The first kappa shape index (κ1) is 18.7. The van der Waals surface area contributed by atoms with Crippen molar-refractivity contribution in [3.05, 3.63) is 35.9 Å². The molecule has 0 aliphatic carbocycles. The van der Waals surface area contributed by atoms with E-state index in [1.807, 2.05) is 18.2 Å². The molecule has 1 aromatic rings. The molecule has 1 N–H and O–H groups in total. The number of carbonyl (C=O) groups excluding carboxylic acids is 1. The van der Waals surface area contributed by atoms with E-state index in [0.29, 0.717) is 18.6 Å². The summed E-state index contributed by atoms with van der Waals surface area (Å²) in [5.74, 6) is -0.508. The Morgan fingerprint density at radius 3 is 2.27 bits per heavy atom. The molecule has 0 heterocycles. The fraction of sp³-hybridized carbons (Fsp3) is 0.632. The topological polar surface area (TPSA) is 46.5 Å². The van der Waals surface area contributed by atoms with Crippen molar-refractivity contribution in [1.82, 2.24) is 0 Å². The molecule has 22 heavy (non-hydrogen) atoms. The van der Waals surface area contributed by atoms with Gasteiger partial charge in [-0.15, -0.1) is 0 Å². The second kappa shape index (κ2) is 10.4. The van der Waals surface area contributed by atoms with E-state index in [0.717, 1.165) is 44.9 Å². The Morgan fingerprint density at radius 2 is 1.64 bits per heavy atom. The van der Waals surface area contributed by atoms with Crippen LogP contribution in [0.2, 0.25) is 0 Å². The van der Waals surface area contributed by atoms with E-state index >= 15 is 0 Å². The summed E-state index contributed by atoms with van der Waals surface area (Å²) in [6.07, 6.45) is 7.50. The number of esters is 1. The van der Waals surface area contributed by atoms with Crippen molar-refractivity contribution in [3.63, 3.8) is 0 Å². The van der Waals surface area contributed by atoms with Crippen LogP contribution < -0.4 is 0 Å². The minimum Gasteiger partial charge on any atom is -0.463 e. The highest BCUT2D eigenvalue weighted by atomic mass is 16.5. The smallest absolute Gasteiger partial charge is 0.342 e. The van der Waals surface area contributed by atoms with Crippen LogP contribution >= 0.6 is 0 Å². The van der Waals surface area contributed by atoms with Crippen LogP contribution in [0.25, 0.3) is 0 Å². The molecule has 0 radical (unpaired) electrons. The lowest BCUT2D eigenvalue weighted by molar-refractivity contribution is -0.168. The van der Waals surface area contributed by atoms with Crippen LogP contribution in [0.1, 0.15) is 70.8 Å². The van der Waals surface area contributed by atoms with Gasteiger partial charge in [-0.05, 0) is 24.8 Å². The van der Waals surface area contributed by atoms with Crippen molar-refractivity contribution < 1.29 is 14.6 Å². The molecule has 1 rings (SSSR count). The molecule has 124 valence electrons. The van der Waals surface area contributed by atoms with Crippen molar-refractivity contribution in [2.24, 2.45) is 0 Å². The third-order valence-corrected chi connectivity index (χ3v) is 3.96. The number of aliphatic hydroxyl groups is 1. The lowest BCUT2D eigenvalue weighted by Gasteiger charge is -2.26. The third-order valence-electron chi connectivity index (χ3n) is 3.96. The normalized spacial score (nSPS) is 13.6. The standard InChI is InChI=1S/C19H30O3/c1-3-5-7-12-16-22-18(20)19(21,15-11-6-4-2)17-13-9-8-10-14-17/h8-10,13-14,21H,3-7,11-12,15-16H2,1-2H3. The van der Waals surface area contributed by atoms with Crippen molar-refractivity contribution >= 4 is 5.97 Å². The zero-order valence-corrected chi connectivity index (χ0v) is 14.0. The number of unbranched alkanes of at least 4 members (excludes halogenated alkanes) is 5. The summed E-state index contributed by atoms with van der Waals surface area (Å²) >= 11 is 0. The van der Waals surface area contributed by atoms with Crippen LogP contribution in [-0.2, 0) is 15.1 Å². The molecule has 0 fully saturated rings. The van der Waals surface area contributed by atoms with Crippen molar-refractivity contribution in [1.29, 1.82) is 0 Å². The van der Waals surface area contributed by atoms with Gasteiger partial charge in [0.1, 0.15) is 0 Å². The molecular weight excluding hydrogens is 276 g/mol. The van der Waals surface area contributed by atoms with Gasteiger partial charge in [-0.2, -0.15) is 0 Å². The van der Waals surface area contributed by atoms with Gasteiger partial charge in [-0.3, -0.25) is 0 Å². The van der Waals surface area contributed by atoms with Crippen molar-refractivity contribution in [3.8, 4) is 0 Å². The largest absolute Gasteiger partial charge is 0.463 e. The first-order chi connectivity index (χ1) is 10.6. The summed E-state index contributed by atoms with van der Waals surface area (Å²) in [7, 11) is 0. The van der Waals surface area contributed by atoms with Crippen LogP contribution in [0.4, 0.5) is 0 Å². The second-order valence-electron chi connectivity index (χ2n) is 5.88. The van der Waals surface area contributed by atoms with Crippen LogP contribution in [0, 0.1) is 0 Å². The second-order valence-corrected chi connectivity index (χ2v) is 5.88. The molecule has 0 spiro atoms. The average Bonchev–Trinajstić information content (AvgIpc) is 2.55. The van der Waals surface area contributed by atoms with E-state index in [-0.39, 0.29) is 0 Å². The molecule has 0 saturated carbocycles. The maximum atomic E-state index is 12.4. The number of ether oxygens (including phenoxy) is 1. The number of benzene rings is 1. The van der Waals surface area contributed by atoms with Gasteiger partial charge in [0.15, 0.2) is 5.60 Å². The van der Waals surface area contributed by atoms with Crippen LogP contribution in [0.5, 0.6) is 0 Å². The van der Waals surface area contributed by atoms with E-state index < -0.39 is 11.6 Å². The fourth-order valence-corrected chi connectivity index (χ4v) is 2.52. The van der Waals surface area contributed by atoms with E-state index in [1.54, 1.807) is 12.1 Å². The van der Waals surface area contributed by atoms with Crippen molar-refractivity contribution in [2.45, 2.75) is 70.8 Å². The molecule has 0 amide bonds. The van der Waals surface area contributed by atoms with Crippen LogP contribution in [0.15, 0.2) is 30.3 Å². The first-order valence-corrected chi connectivity index (χ1v) is 8.60. The summed E-state index contributed by atoms with van der Waals surface area (Å²) < 4.78 is 5.35. The Kier molecular flexibility index (Phi) is 8.83. The summed E-state index contributed by atoms with van der Waals surface area (Å²) in [4.78, 5) is 12.4. The Labute approximate surface area is 134 Å². The zero-order chi connectivity index (χ0) is 16.3. The summed E-state index contributed by atoms with van der Waals surface area (Å²) in [5.41, 5.74) is -0.883. The predicted molar refractivity (Wildman–Crippen MR) is 89.6 cm³/mol. The molecule has 1 unspecified atom stereocenters. The molecular formula is C19H30O3. The lowest BCUT2D eigenvalue weighted by Crippen LogP contribution is -2.37.